The summed E-state index contributed by atoms with van der Waals surface area (Å²) in [5.41, 5.74) is 13.1. The molecule has 0 aliphatic carbocycles. The summed E-state index contributed by atoms with van der Waals surface area (Å²) in [6.07, 6.45) is 34.3. The molecule has 8 aromatic heterocycles. The fraction of sp³-hybridized carbons (Fsp3) is 0.0928. The second-order valence-electron chi connectivity index (χ2n) is 24.3. The Labute approximate surface area is 684 Å². The molecule has 0 amide bonds. The number of ether oxygens (including phenoxy) is 6. The van der Waals surface area contributed by atoms with E-state index in [1.165, 1.54) is 73.9 Å². The molecule has 0 spiro atoms. The van der Waals surface area contributed by atoms with Crippen molar-refractivity contribution in [3.63, 3.8) is 0 Å². The van der Waals surface area contributed by atoms with Crippen molar-refractivity contribution >= 4 is 159 Å². The topological polar surface area (TPSA) is 84.9 Å². The molecule has 8 heterocycles. The van der Waals surface area contributed by atoms with Gasteiger partial charge in [0.2, 0.25) is 0 Å². The highest BCUT2D eigenvalue weighted by molar-refractivity contribution is 7.21. The highest BCUT2D eigenvalue weighted by Gasteiger charge is 2.03. The van der Waals surface area contributed by atoms with Crippen LogP contribution in [0.5, 0.6) is 34.5 Å². The largest absolute Gasteiger partial charge is 0.497 e. The Bertz CT molecular complexity index is 4830. The number of furan rings is 2. The molecule has 112 heavy (non-hydrogen) atoms. The molecular weight excluding hydrogens is 1500 g/mol. The lowest BCUT2D eigenvalue weighted by Crippen LogP contribution is -2.07. The molecule has 568 valence electrons. The first-order valence-corrected chi connectivity index (χ1v) is 40.9. The molecule has 0 aliphatic heterocycles. The van der Waals surface area contributed by atoms with Crippen molar-refractivity contribution in [1.29, 1.82) is 0 Å². The van der Waals surface area contributed by atoms with Crippen molar-refractivity contribution in [3.05, 3.63) is 381 Å². The summed E-state index contributed by atoms with van der Waals surface area (Å²) >= 11 is 10.6. The van der Waals surface area contributed by atoms with E-state index in [4.69, 9.17) is 37.3 Å². The second-order valence-corrected chi connectivity index (χ2v) is 30.1. The molecule has 9 nitrogen and oxygen atoms in total. The van der Waals surface area contributed by atoms with E-state index in [9.17, 15) is 0 Å². The van der Waals surface area contributed by atoms with Gasteiger partial charge in [-0.15, -0.1) is 56.7 Å². The molecule has 0 saturated carbocycles. The molecule has 7 aromatic carbocycles. The molecule has 0 atom stereocenters. The van der Waals surface area contributed by atoms with E-state index in [2.05, 4.69) is 228 Å². The molecule has 15 rings (SSSR count). The summed E-state index contributed by atoms with van der Waals surface area (Å²) in [6, 6.07) is 83.4. The van der Waals surface area contributed by atoms with Crippen LogP contribution in [0.4, 0.5) is 5.69 Å². The van der Waals surface area contributed by atoms with E-state index in [-0.39, 0.29) is 0 Å². The monoisotopic (exact) mass is 1590 g/mol. The van der Waals surface area contributed by atoms with E-state index in [1.807, 2.05) is 175 Å². The van der Waals surface area contributed by atoms with Gasteiger partial charge < -0.3 is 42.2 Å². The van der Waals surface area contributed by atoms with Gasteiger partial charge in [0, 0.05) is 54.6 Å². The molecule has 0 N–H and O–H groups in total. The average Bonchev–Trinajstić information content (AvgIpc) is 1.71. The number of rotatable bonds is 22. The molecule has 15 heteroatoms. The van der Waals surface area contributed by atoms with Crippen LogP contribution in [-0.4, -0.2) is 56.8 Å². The quantitative estimate of drug-likeness (QED) is 0.0659. The SMILES string of the molecule is CN(C)c1ccc(/C=C/c2cccs2)cc1.COc1ccc(/C=C/c2cc(C)cs2)cc1.COc1ccc(/C=C/c2ccc(-c3cccs3)s2)cc1.COc1ccc(/C=C/c2ccco2)cc1.COc1ccc(/C=C/c2cccs2)cc1.COc1ccc(/C=C/c2ccoc2)cc1.COc1ccc(/C=C/c2ccsc2)cc1. The Morgan fingerprint density at radius 3 is 1.04 bits per heavy atom. The number of aryl methyl sites for hydroxylation is 1. The van der Waals surface area contributed by atoms with Gasteiger partial charge in [0.25, 0.3) is 0 Å². The summed E-state index contributed by atoms with van der Waals surface area (Å²) < 4.78 is 40.8. The number of hydrogen-bond donors (Lipinski definition) is 0. The number of anilines is 1. The van der Waals surface area contributed by atoms with E-state index in [0.717, 1.165) is 56.9 Å². The number of hydrogen-bond acceptors (Lipinski definition) is 15. The summed E-state index contributed by atoms with van der Waals surface area (Å²) in [5.74, 6) is 6.15. The average molecular weight is 1590 g/mol. The van der Waals surface area contributed by atoms with Gasteiger partial charge in [-0.25, -0.2) is 0 Å². The van der Waals surface area contributed by atoms with Crippen molar-refractivity contribution in [3.8, 4) is 44.3 Å². The zero-order chi connectivity index (χ0) is 78.6. The van der Waals surface area contributed by atoms with Gasteiger partial charge in [0.05, 0.1) is 61.4 Å². The van der Waals surface area contributed by atoms with Crippen molar-refractivity contribution in [2.45, 2.75) is 6.92 Å². The van der Waals surface area contributed by atoms with E-state index >= 15 is 0 Å². The van der Waals surface area contributed by atoms with Crippen molar-refractivity contribution in [2.24, 2.45) is 0 Å². The highest BCUT2D eigenvalue weighted by Crippen LogP contribution is 2.33. The lowest BCUT2D eigenvalue weighted by Gasteiger charge is -2.11. The maximum atomic E-state index is 5.19. The van der Waals surface area contributed by atoms with Crippen LogP contribution < -0.4 is 33.3 Å². The van der Waals surface area contributed by atoms with Gasteiger partial charge in [0.1, 0.15) is 40.3 Å². The first-order valence-electron chi connectivity index (χ1n) is 35.6. The van der Waals surface area contributed by atoms with Crippen LogP contribution in [0.2, 0.25) is 0 Å². The van der Waals surface area contributed by atoms with E-state index in [0.29, 0.717) is 0 Å². The molecule has 0 saturated heterocycles. The Hall–Kier alpha value is -11.9. The third-order valence-corrected chi connectivity index (χ3v) is 21.6. The van der Waals surface area contributed by atoms with Gasteiger partial charge in [-0.3, -0.25) is 0 Å². The normalized spacial score (nSPS) is 10.8. The number of thiophene rings is 6. The van der Waals surface area contributed by atoms with Crippen LogP contribution in [0.25, 0.3) is 94.8 Å². The van der Waals surface area contributed by atoms with Crippen LogP contribution in [0.3, 0.4) is 0 Å². The Morgan fingerprint density at radius 1 is 0.295 bits per heavy atom. The highest BCUT2D eigenvalue weighted by atomic mass is 32.1. The Kier molecular flexibility index (Phi) is 36.0. The third kappa shape index (κ3) is 30.9. The zero-order valence-corrected chi connectivity index (χ0v) is 69.0. The minimum Gasteiger partial charge on any atom is -0.497 e. The smallest absolute Gasteiger partial charge is 0.126 e. The summed E-state index contributed by atoms with van der Waals surface area (Å²) in [5, 5.41) is 12.6. The molecule has 15 aromatic rings. The van der Waals surface area contributed by atoms with Gasteiger partial charge in [-0.05, 0) is 265 Å². The molecular formula is C97H91NO8S6. The standard InChI is InChI=1S/C17H14OS2.C14H15NS.C14H14OS.2C13H12O2.2C13H12OS/c1-18-14-7-4-13(5-8-14)6-9-15-10-11-17(20-15)16-3-2-12-19-16;1-15(2)13-8-5-12(6-9-13)7-10-14-4-3-11-16-14;1-11-9-14(16-10-11)8-5-12-3-6-13(15-2)7-4-12;1-14-12-7-4-11(5-8-12)6-9-13-3-2-10-15-13;1-14-13-6-4-11(5-7-13)2-3-12-8-9-15-10-12;1-14-12-7-4-11(5-8-12)6-9-13-3-2-10-15-13;1-14-13-6-4-11(5-7-13)2-3-12-8-9-15-10-12/h2-12H,1H3;3-11H,1-2H3;3-10H,1-2H3;4*2-10H,1H3/b9-6+;10-7+;8-5+;9-6+;3-2+;9-6+;3-2+. The predicted molar refractivity (Wildman–Crippen MR) is 488 cm³/mol. The van der Waals surface area contributed by atoms with Crippen molar-refractivity contribution in [2.75, 3.05) is 61.7 Å². The van der Waals surface area contributed by atoms with E-state index < -0.39 is 0 Å². The number of nitrogens with zero attached hydrogens (tertiary/aromatic N) is 1. The molecule has 0 radical (unpaired) electrons. The van der Waals surface area contributed by atoms with Crippen LogP contribution in [0, 0.1) is 6.92 Å². The fourth-order valence-corrected chi connectivity index (χ4v) is 14.3. The number of methoxy groups -OCH3 is 6. The van der Waals surface area contributed by atoms with Crippen LogP contribution in [0.15, 0.2) is 309 Å². The first-order chi connectivity index (χ1) is 54.9. The Balaban J connectivity index is 0.000000150. The van der Waals surface area contributed by atoms with Crippen molar-refractivity contribution < 1.29 is 37.3 Å². The minimum absolute atomic E-state index is 0.853. The van der Waals surface area contributed by atoms with Crippen LogP contribution in [0.1, 0.15) is 80.9 Å². The lowest BCUT2D eigenvalue weighted by molar-refractivity contribution is 0.414. The fourth-order valence-electron chi connectivity index (χ4n) is 9.88. The van der Waals surface area contributed by atoms with Crippen LogP contribution in [-0.2, 0) is 0 Å². The molecule has 0 aliphatic rings. The number of benzene rings is 7. The maximum absolute atomic E-state index is 5.19. The lowest BCUT2D eigenvalue weighted by atomic mass is 10.2. The van der Waals surface area contributed by atoms with E-state index in [1.54, 1.807) is 118 Å². The minimum atomic E-state index is 0.853. The van der Waals surface area contributed by atoms with Crippen LogP contribution >= 0.6 is 68.0 Å². The molecule has 0 bridgehead atoms. The first kappa shape index (κ1) is 84.1. The molecule has 0 fully saturated rings. The summed E-state index contributed by atoms with van der Waals surface area (Å²) in [7, 11) is 14.1. The predicted octanol–water partition coefficient (Wildman–Crippen LogP) is 28.6. The molecule has 0 unspecified atom stereocenters. The summed E-state index contributed by atoms with van der Waals surface area (Å²) in [6.45, 7) is 2.11. The van der Waals surface area contributed by atoms with Gasteiger partial charge in [-0.2, -0.15) is 11.3 Å². The van der Waals surface area contributed by atoms with Crippen molar-refractivity contribution in [1.82, 2.24) is 0 Å². The second kappa shape index (κ2) is 47.9. The summed E-state index contributed by atoms with van der Waals surface area (Å²) in [4.78, 5) is 9.88. The third-order valence-electron chi connectivity index (χ3n) is 16.1. The van der Waals surface area contributed by atoms with Gasteiger partial charge >= 0.3 is 0 Å². The van der Waals surface area contributed by atoms with Gasteiger partial charge in [-0.1, -0.05) is 158 Å². The maximum Gasteiger partial charge on any atom is 0.126 e. The van der Waals surface area contributed by atoms with Gasteiger partial charge in [0.15, 0.2) is 0 Å². The zero-order valence-electron chi connectivity index (χ0n) is 64.1. The Morgan fingerprint density at radius 2 is 0.688 bits per heavy atom.